The third-order valence-corrected chi connectivity index (χ3v) is 5.25. The number of benzene rings is 2. The lowest BCUT2D eigenvalue weighted by Crippen LogP contribution is -2.33. The molecule has 30 heavy (non-hydrogen) atoms. The molecule has 0 saturated carbocycles. The number of sulfonamides is 1. The monoisotopic (exact) mass is 431 g/mol. The molecule has 0 aliphatic rings. The zero-order valence-corrected chi connectivity index (χ0v) is 16.3. The fourth-order valence-corrected chi connectivity index (χ4v) is 3.29. The van der Waals surface area contributed by atoms with Gasteiger partial charge in [-0.25, -0.2) is 18.5 Å². The van der Waals surface area contributed by atoms with Gasteiger partial charge in [0.15, 0.2) is 0 Å². The lowest BCUT2D eigenvalue weighted by Gasteiger charge is -2.08. The van der Waals surface area contributed by atoms with Crippen molar-refractivity contribution in [3.63, 3.8) is 0 Å². The van der Waals surface area contributed by atoms with E-state index >= 15 is 0 Å². The maximum atomic E-state index is 12.5. The van der Waals surface area contributed by atoms with E-state index in [1.54, 1.807) is 12.1 Å². The van der Waals surface area contributed by atoms with E-state index in [2.05, 4.69) is 10.3 Å². The van der Waals surface area contributed by atoms with Crippen molar-refractivity contribution < 1.29 is 18.1 Å². The molecule has 0 bridgehead atoms. The zero-order valence-electron chi connectivity index (χ0n) is 15.5. The fraction of sp³-hybridized carbons (Fsp3) is 0.167. The van der Waals surface area contributed by atoms with Gasteiger partial charge in [-0.05, 0) is 30.2 Å². The SMILES string of the molecule is NS(=O)(=O)c1ccc(CCNC(=O)Cn2cnc3ccc([N+](=O)[O-])cc3c2=O)cc1. The first-order chi connectivity index (χ1) is 14.1. The molecule has 0 atom stereocenters. The first-order valence-electron chi connectivity index (χ1n) is 8.67. The Kier molecular flexibility index (Phi) is 5.89. The summed E-state index contributed by atoms with van der Waals surface area (Å²) in [5.41, 5.74) is 0.291. The van der Waals surface area contributed by atoms with Gasteiger partial charge < -0.3 is 5.32 Å². The number of carbonyl (C=O) groups excluding carboxylic acids is 1. The highest BCUT2D eigenvalue weighted by molar-refractivity contribution is 7.89. The number of nitro groups is 1. The average molecular weight is 431 g/mol. The Morgan fingerprint density at radius 3 is 2.53 bits per heavy atom. The molecule has 0 spiro atoms. The van der Waals surface area contributed by atoms with Crippen molar-refractivity contribution >= 4 is 32.5 Å². The summed E-state index contributed by atoms with van der Waals surface area (Å²) in [5.74, 6) is -0.440. The molecule has 3 rings (SSSR count). The second kappa shape index (κ2) is 8.39. The minimum absolute atomic E-state index is 0.00120. The van der Waals surface area contributed by atoms with E-state index in [1.807, 2.05) is 0 Å². The van der Waals surface area contributed by atoms with E-state index in [0.29, 0.717) is 11.9 Å². The molecule has 1 amide bonds. The van der Waals surface area contributed by atoms with Crippen molar-refractivity contribution in [3.05, 3.63) is 74.8 Å². The highest BCUT2D eigenvalue weighted by atomic mass is 32.2. The van der Waals surface area contributed by atoms with Gasteiger partial charge in [0, 0.05) is 18.7 Å². The van der Waals surface area contributed by atoms with Crippen molar-refractivity contribution in [2.75, 3.05) is 6.54 Å². The summed E-state index contributed by atoms with van der Waals surface area (Å²) in [6.07, 6.45) is 1.65. The fourth-order valence-electron chi connectivity index (χ4n) is 2.78. The number of nitrogens with one attached hydrogen (secondary N) is 1. The van der Waals surface area contributed by atoms with Gasteiger partial charge in [-0.15, -0.1) is 0 Å². The van der Waals surface area contributed by atoms with Gasteiger partial charge in [-0.1, -0.05) is 12.1 Å². The number of rotatable bonds is 7. The highest BCUT2D eigenvalue weighted by Crippen LogP contribution is 2.16. The predicted molar refractivity (Wildman–Crippen MR) is 107 cm³/mol. The van der Waals surface area contributed by atoms with Crippen molar-refractivity contribution in [2.24, 2.45) is 5.14 Å². The highest BCUT2D eigenvalue weighted by Gasteiger charge is 2.12. The molecule has 0 aliphatic heterocycles. The van der Waals surface area contributed by atoms with Gasteiger partial charge in [0.1, 0.15) is 6.54 Å². The maximum absolute atomic E-state index is 12.5. The summed E-state index contributed by atoms with van der Waals surface area (Å²) in [6, 6.07) is 9.71. The molecular formula is C18H17N5O6S. The van der Waals surface area contributed by atoms with E-state index in [9.17, 15) is 28.1 Å². The molecule has 1 aromatic heterocycles. The standard InChI is InChI=1S/C18H17N5O6S/c19-30(28,29)14-4-1-12(2-5-14)7-8-20-17(24)10-22-11-21-16-6-3-13(23(26)27)9-15(16)18(22)25/h1-6,9,11H,7-8,10H2,(H,20,24)(H2,19,28,29). The lowest BCUT2D eigenvalue weighted by molar-refractivity contribution is -0.384. The predicted octanol–water partition coefficient (Wildman–Crippen LogP) is 0.311. The number of hydrogen-bond donors (Lipinski definition) is 2. The van der Waals surface area contributed by atoms with E-state index in [1.165, 1.54) is 30.6 Å². The number of carbonyl (C=O) groups is 1. The van der Waals surface area contributed by atoms with Crippen LogP contribution in [0.25, 0.3) is 10.9 Å². The summed E-state index contributed by atoms with van der Waals surface area (Å²) in [4.78, 5) is 39.0. The number of nitrogens with zero attached hydrogens (tertiary/aromatic N) is 3. The summed E-state index contributed by atoms with van der Waals surface area (Å²) >= 11 is 0. The molecule has 2 aromatic carbocycles. The quantitative estimate of drug-likeness (QED) is 0.401. The number of non-ortho nitro benzene ring substituents is 1. The van der Waals surface area contributed by atoms with Crippen LogP contribution >= 0.6 is 0 Å². The molecule has 0 unspecified atom stereocenters. The van der Waals surface area contributed by atoms with Crippen LogP contribution in [0.15, 0.2) is 58.5 Å². The van der Waals surface area contributed by atoms with Gasteiger partial charge in [-0.3, -0.25) is 24.3 Å². The van der Waals surface area contributed by atoms with Gasteiger partial charge in [-0.2, -0.15) is 0 Å². The Balaban J connectivity index is 1.63. The van der Waals surface area contributed by atoms with Crippen molar-refractivity contribution in [3.8, 4) is 0 Å². The molecule has 12 heteroatoms. The van der Waals surface area contributed by atoms with E-state index in [-0.39, 0.29) is 29.1 Å². The Bertz CT molecular complexity index is 1280. The van der Waals surface area contributed by atoms with Crippen LogP contribution in [-0.2, 0) is 27.8 Å². The summed E-state index contributed by atoms with van der Waals surface area (Å²) in [5, 5.41) is 18.6. The molecule has 0 radical (unpaired) electrons. The van der Waals surface area contributed by atoms with Gasteiger partial charge >= 0.3 is 0 Å². The van der Waals surface area contributed by atoms with Gasteiger partial charge in [0.05, 0.1) is 27.0 Å². The first kappa shape index (κ1) is 21.1. The number of fused-ring (bicyclic) bond motifs is 1. The molecule has 0 saturated heterocycles. The summed E-state index contributed by atoms with van der Waals surface area (Å²) in [6.45, 7) is -0.0381. The Labute approximate surface area is 170 Å². The minimum atomic E-state index is -3.76. The van der Waals surface area contributed by atoms with Crippen molar-refractivity contribution in [2.45, 2.75) is 17.9 Å². The van der Waals surface area contributed by atoms with Crippen LogP contribution in [0.5, 0.6) is 0 Å². The normalized spacial score (nSPS) is 11.4. The molecule has 3 N–H and O–H groups in total. The van der Waals surface area contributed by atoms with Crippen LogP contribution in [0, 0.1) is 10.1 Å². The number of primary sulfonamides is 1. The van der Waals surface area contributed by atoms with E-state index < -0.39 is 26.4 Å². The second-order valence-electron chi connectivity index (χ2n) is 6.43. The molecular weight excluding hydrogens is 414 g/mol. The maximum Gasteiger partial charge on any atom is 0.270 e. The number of hydrogen-bond acceptors (Lipinski definition) is 7. The van der Waals surface area contributed by atoms with Crippen molar-refractivity contribution in [1.82, 2.24) is 14.9 Å². The van der Waals surface area contributed by atoms with Crippen LogP contribution in [0.3, 0.4) is 0 Å². The Hall–Kier alpha value is -3.64. The summed E-state index contributed by atoms with van der Waals surface area (Å²) < 4.78 is 23.5. The largest absolute Gasteiger partial charge is 0.354 e. The zero-order chi connectivity index (χ0) is 21.9. The Morgan fingerprint density at radius 2 is 1.90 bits per heavy atom. The topological polar surface area (TPSA) is 167 Å². The Morgan fingerprint density at radius 1 is 1.20 bits per heavy atom. The molecule has 0 fully saturated rings. The summed E-state index contributed by atoms with van der Waals surface area (Å²) in [7, 11) is -3.76. The number of aromatic nitrogens is 2. The second-order valence-corrected chi connectivity index (χ2v) is 7.99. The average Bonchev–Trinajstić information content (AvgIpc) is 2.69. The third kappa shape index (κ3) is 4.85. The molecule has 156 valence electrons. The van der Waals surface area contributed by atoms with Crippen LogP contribution < -0.4 is 16.0 Å². The van der Waals surface area contributed by atoms with Gasteiger partial charge in [0.2, 0.25) is 15.9 Å². The van der Waals surface area contributed by atoms with E-state index in [0.717, 1.165) is 16.2 Å². The first-order valence-corrected chi connectivity index (χ1v) is 10.2. The van der Waals surface area contributed by atoms with E-state index in [4.69, 9.17) is 5.14 Å². The van der Waals surface area contributed by atoms with Gasteiger partial charge in [0.25, 0.3) is 11.2 Å². The third-order valence-electron chi connectivity index (χ3n) is 4.32. The number of amides is 1. The number of nitrogens with two attached hydrogens (primary N) is 1. The number of nitro benzene ring substituents is 1. The molecule has 0 aliphatic carbocycles. The van der Waals surface area contributed by atoms with Crippen LogP contribution in [-0.4, -0.2) is 35.3 Å². The van der Waals surface area contributed by atoms with Crippen molar-refractivity contribution in [1.29, 1.82) is 0 Å². The van der Waals surface area contributed by atoms with Crippen LogP contribution in [0.4, 0.5) is 5.69 Å². The van der Waals surface area contributed by atoms with Crippen LogP contribution in [0.2, 0.25) is 0 Å². The van der Waals surface area contributed by atoms with Crippen LogP contribution in [0.1, 0.15) is 5.56 Å². The molecule has 3 aromatic rings. The minimum Gasteiger partial charge on any atom is -0.354 e. The molecule has 1 heterocycles. The molecule has 11 nitrogen and oxygen atoms in total. The smallest absolute Gasteiger partial charge is 0.270 e. The lowest BCUT2D eigenvalue weighted by atomic mass is 10.1.